The zero-order chi connectivity index (χ0) is 5.70. The number of rotatable bonds is 1. The fraction of sp³-hybridized carbons (Fsp3) is 0.400. The van der Waals surface area contributed by atoms with Gasteiger partial charge in [-0.25, -0.2) is 0 Å². The van der Waals surface area contributed by atoms with Gasteiger partial charge in [-0.3, -0.25) is 0 Å². The summed E-state index contributed by atoms with van der Waals surface area (Å²) in [5.74, 6) is 0. The maximum absolute atomic E-state index is 8.41. The Morgan fingerprint density at radius 2 is 2.43 bits per heavy atom. The van der Waals surface area contributed by atoms with Crippen molar-refractivity contribution in [3.63, 3.8) is 0 Å². The monoisotopic (exact) mass is 97.1 g/mol. The second-order valence-corrected chi connectivity index (χ2v) is 1.10. The Kier molecular flexibility index (Phi) is 2.99. The molecule has 0 saturated carbocycles. The number of nitrogens with zero attached hydrogens (tertiary/aromatic N) is 1. The summed E-state index contributed by atoms with van der Waals surface area (Å²) < 4.78 is 0. The van der Waals surface area contributed by atoms with Crippen molar-refractivity contribution in [1.82, 2.24) is 0 Å². The largest absolute Gasteiger partial charge is 0.374 e. The van der Waals surface area contributed by atoms with Gasteiger partial charge >= 0.3 is 0 Å². The zero-order valence-electron chi connectivity index (χ0n) is 4.13. The molecule has 0 aromatic rings. The van der Waals surface area contributed by atoms with Gasteiger partial charge in [0.05, 0.1) is 6.07 Å². The molecule has 0 aromatic carbocycles. The summed E-state index contributed by atoms with van der Waals surface area (Å²) in [5, 5.41) is 16.3. The minimum absolute atomic E-state index is 0.926. The number of nitriles is 1. The van der Waals surface area contributed by atoms with E-state index >= 15 is 0 Å². The molecule has 2 nitrogen and oxygen atoms in total. The molecule has 0 aromatic heterocycles. The van der Waals surface area contributed by atoms with Crippen LogP contribution in [-0.2, 0) is 0 Å². The first-order chi connectivity index (χ1) is 3.31. The summed E-state index contributed by atoms with van der Waals surface area (Å²) >= 11 is 0. The second kappa shape index (κ2) is 3.38. The van der Waals surface area contributed by atoms with Crippen LogP contribution in [-0.4, -0.2) is 11.2 Å². The van der Waals surface area contributed by atoms with E-state index in [-0.39, 0.29) is 0 Å². The number of hydrogen-bond acceptors (Lipinski definition) is 2. The molecule has 0 saturated heterocycles. The lowest BCUT2D eigenvalue weighted by Gasteiger charge is -1.83. The fourth-order valence-corrected chi connectivity index (χ4v) is 0.225. The molecule has 0 radical (unpaired) electrons. The molecule has 0 aliphatic rings. The van der Waals surface area contributed by atoms with E-state index in [0.717, 1.165) is 0 Å². The van der Waals surface area contributed by atoms with Crippen molar-refractivity contribution in [2.24, 2.45) is 0 Å². The third-order valence-electron chi connectivity index (χ3n) is 0.507. The van der Waals surface area contributed by atoms with Gasteiger partial charge in [0.15, 0.2) is 6.10 Å². The molecular formula is C5H7NO. The van der Waals surface area contributed by atoms with Crippen molar-refractivity contribution in [3.05, 3.63) is 12.2 Å². The van der Waals surface area contributed by atoms with Gasteiger partial charge in [0.25, 0.3) is 0 Å². The van der Waals surface area contributed by atoms with Crippen molar-refractivity contribution in [2.45, 2.75) is 13.0 Å². The summed E-state index contributed by atoms with van der Waals surface area (Å²) in [4.78, 5) is 0. The van der Waals surface area contributed by atoms with Gasteiger partial charge in [0, 0.05) is 0 Å². The van der Waals surface area contributed by atoms with E-state index in [1.54, 1.807) is 19.1 Å². The molecule has 0 unspecified atom stereocenters. The van der Waals surface area contributed by atoms with Gasteiger partial charge in [-0.05, 0) is 13.0 Å². The van der Waals surface area contributed by atoms with Gasteiger partial charge < -0.3 is 5.11 Å². The van der Waals surface area contributed by atoms with E-state index in [0.29, 0.717) is 0 Å². The quantitative estimate of drug-likeness (QED) is 0.381. The number of aliphatic hydroxyl groups excluding tert-OH is 1. The van der Waals surface area contributed by atoms with Crippen LogP contribution in [0.4, 0.5) is 0 Å². The van der Waals surface area contributed by atoms with Crippen LogP contribution in [0.3, 0.4) is 0 Å². The summed E-state index contributed by atoms with van der Waals surface area (Å²) in [7, 11) is 0. The minimum atomic E-state index is -0.926. The summed E-state index contributed by atoms with van der Waals surface area (Å²) in [5.41, 5.74) is 0. The zero-order valence-corrected chi connectivity index (χ0v) is 4.13. The lowest BCUT2D eigenvalue weighted by atomic mass is 10.4. The summed E-state index contributed by atoms with van der Waals surface area (Å²) in [6, 6.07) is 1.63. The summed E-state index contributed by atoms with van der Waals surface area (Å²) in [6.07, 6.45) is 2.12. The highest BCUT2D eigenvalue weighted by Gasteiger charge is 1.87. The van der Waals surface area contributed by atoms with Crippen LogP contribution in [0.1, 0.15) is 6.92 Å². The van der Waals surface area contributed by atoms with Gasteiger partial charge in [0.1, 0.15) is 0 Å². The number of allylic oxidation sites excluding steroid dienone is 1. The second-order valence-electron chi connectivity index (χ2n) is 1.10. The van der Waals surface area contributed by atoms with E-state index in [1.165, 1.54) is 6.08 Å². The van der Waals surface area contributed by atoms with Crippen LogP contribution in [0, 0.1) is 11.3 Å². The molecule has 2 heteroatoms. The number of hydrogen-bond donors (Lipinski definition) is 1. The maximum Gasteiger partial charge on any atom is 0.159 e. The maximum atomic E-state index is 8.41. The Bertz CT molecular complexity index is 101. The normalized spacial score (nSPS) is 13.9. The molecule has 0 heterocycles. The van der Waals surface area contributed by atoms with Crippen LogP contribution >= 0.6 is 0 Å². The van der Waals surface area contributed by atoms with E-state index in [4.69, 9.17) is 10.4 Å². The predicted octanol–water partition coefficient (Wildman–Crippen LogP) is 0.447. The molecule has 0 fully saturated rings. The predicted molar refractivity (Wildman–Crippen MR) is 26.4 cm³/mol. The molecule has 38 valence electrons. The van der Waals surface area contributed by atoms with Crippen LogP contribution in [0.2, 0.25) is 0 Å². The van der Waals surface area contributed by atoms with Crippen molar-refractivity contribution >= 4 is 0 Å². The average molecular weight is 97.1 g/mol. The molecule has 1 N–H and O–H groups in total. The van der Waals surface area contributed by atoms with Gasteiger partial charge in [-0.15, -0.1) is 0 Å². The molecule has 0 aliphatic heterocycles. The van der Waals surface area contributed by atoms with Crippen molar-refractivity contribution in [3.8, 4) is 6.07 Å². The van der Waals surface area contributed by atoms with Crippen LogP contribution in [0.5, 0.6) is 0 Å². The smallest absolute Gasteiger partial charge is 0.159 e. The Hall–Kier alpha value is -0.810. The Morgan fingerprint density at radius 3 is 2.57 bits per heavy atom. The first-order valence-corrected chi connectivity index (χ1v) is 2.01. The van der Waals surface area contributed by atoms with Crippen LogP contribution in [0.15, 0.2) is 12.2 Å². The molecule has 7 heavy (non-hydrogen) atoms. The molecule has 0 rings (SSSR count). The van der Waals surface area contributed by atoms with Crippen molar-refractivity contribution in [1.29, 1.82) is 5.26 Å². The Morgan fingerprint density at radius 1 is 1.86 bits per heavy atom. The molecular weight excluding hydrogens is 90.1 g/mol. The highest BCUT2D eigenvalue weighted by Crippen LogP contribution is 1.79. The van der Waals surface area contributed by atoms with E-state index in [1.807, 2.05) is 0 Å². The lowest BCUT2D eigenvalue weighted by molar-refractivity contribution is 0.278. The average Bonchev–Trinajstić information content (AvgIpc) is 1.68. The van der Waals surface area contributed by atoms with Crippen molar-refractivity contribution in [2.75, 3.05) is 0 Å². The van der Waals surface area contributed by atoms with Gasteiger partial charge in [-0.1, -0.05) is 6.08 Å². The van der Waals surface area contributed by atoms with E-state index in [9.17, 15) is 0 Å². The fourth-order valence-electron chi connectivity index (χ4n) is 0.225. The Balaban J connectivity index is 3.42. The standard InChI is InChI=1S/C5H7NO/c1-2-3-5(7)4-6/h2-3,5,7H,1H3/b3-2+/t5-/m1/s1. The first-order valence-electron chi connectivity index (χ1n) is 2.01. The highest BCUT2D eigenvalue weighted by molar-refractivity contribution is 4.98. The minimum Gasteiger partial charge on any atom is -0.374 e. The van der Waals surface area contributed by atoms with Crippen LogP contribution < -0.4 is 0 Å². The topological polar surface area (TPSA) is 44.0 Å². The third kappa shape index (κ3) is 3.01. The lowest BCUT2D eigenvalue weighted by Crippen LogP contribution is -1.94. The van der Waals surface area contributed by atoms with Crippen molar-refractivity contribution < 1.29 is 5.11 Å². The first kappa shape index (κ1) is 6.19. The van der Waals surface area contributed by atoms with E-state index in [2.05, 4.69) is 0 Å². The Labute approximate surface area is 42.7 Å². The highest BCUT2D eigenvalue weighted by atomic mass is 16.3. The van der Waals surface area contributed by atoms with E-state index < -0.39 is 6.10 Å². The SMILES string of the molecule is C/C=C/[C@@H](O)C#N. The molecule has 0 spiro atoms. The molecule has 0 bridgehead atoms. The third-order valence-corrected chi connectivity index (χ3v) is 0.507. The number of aliphatic hydroxyl groups is 1. The molecule has 0 aliphatic carbocycles. The van der Waals surface area contributed by atoms with Gasteiger partial charge in [0.2, 0.25) is 0 Å². The summed E-state index contributed by atoms with van der Waals surface area (Å²) in [6.45, 7) is 1.75. The van der Waals surface area contributed by atoms with Crippen LogP contribution in [0.25, 0.3) is 0 Å². The molecule has 0 amide bonds. The van der Waals surface area contributed by atoms with Gasteiger partial charge in [-0.2, -0.15) is 5.26 Å². The molecule has 1 atom stereocenters.